The van der Waals surface area contributed by atoms with Crippen molar-refractivity contribution < 1.29 is 4.52 Å². The molecule has 15 heavy (non-hydrogen) atoms. The number of rotatable bonds is 3. The zero-order valence-electron chi connectivity index (χ0n) is 7.91. The zero-order chi connectivity index (χ0) is 10.7. The van der Waals surface area contributed by atoms with E-state index < -0.39 is 0 Å². The van der Waals surface area contributed by atoms with Gasteiger partial charge in [-0.3, -0.25) is 0 Å². The van der Waals surface area contributed by atoms with Crippen LogP contribution in [-0.2, 0) is 6.42 Å². The van der Waals surface area contributed by atoms with Gasteiger partial charge < -0.3 is 4.52 Å². The number of hydrogen-bond donors (Lipinski definition) is 0. The molecule has 0 N–H and O–H groups in total. The molecule has 0 aliphatic heterocycles. The second-order valence-electron chi connectivity index (χ2n) is 3.10. The normalized spacial score (nSPS) is 10.5. The maximum Gasteiger partial charge on any atom is 0.138 e. The lowest BCUT2D eigenvalue weighted by molar-refractivity contribution is 0.390. The summed E-state index contributed by atoms with van der Waals surface area (Å²) in [5.74, 6) is 0.902. The van der Waals surface area contributed by atoms with Crippen LogP contribution in [0, 0.1) is 0 Å². The van der Waals surface area contributed by atoms with Gasteiger partial charge in [0.05, 0.1) is 5.02 Å². The molecule has 0 saturated heterocycles. The molecule has 2 aromatic rings. The summed E-state index contributed by atoms with van der Waals surface area (Å²) in [6.45, 7) is 0. The van der Waals surface area contributed by atoms with Crippen molar-refractivity contribution in [1.82, 2.24) is 5.16 Å². The maximum atomic E-state index is 6.06. The Morgan fingerprint density at radius 3 is 2.87 bits per heavy atom. The number of aromatic nitrogens is 1. The minimum Gasteiger partial charge on any atom is -0.361 e. The van der Waals surface area contributed by atoms with Crippen LogP contribution >= 0.6 is 34.2 Å². The smallest absolute Gasteiger partial charge is 0.138 e. The van der Waals surface area contributed by atoms with E-state index >= 15 is 0 Å². The second kappa shape index (κ2) is 4.99. The standard InChI is InChI=1S/C11H9ClINO/c12-10-4-2-1-3-9(10)11-7-8(5-6-13)15-14-11/h1-4,7H,5-6H2. The maximum absolute atomic E-state index is 6.06. The third-order valence-electron chi connectivity index (χ3n) is 2.05. The van der Waals surface area contributed by atoms with Crippen LogP contribution in [0.5, 0.6) is 0 Å². The fourth-order valence-corrected chi connectivity index (χ4v) is 2.08. The summed E-state index contributed by atoms with van der Waals surface area (Å²) in [5.41, 5.74) is 1.73. The van der Waals surface area contributed by atoms with Gasteiger partial charge in [-0.2, -0.15) is 0 Å². The van der Waals surface area contributed by atoms with Crippen LogP contribution in [0.2, 0.25) is 5.02 Å². The zero-order valence-corrected chi connectivity index (χ0v) is 10.8. The van der Waals surface area contributed by atoms with E-state index in [1.165, 1.54) is 0 Å². The van der Waals surface area contributed by atoms with Crippen molar-refractivity contribution in [1.29, 1.82) is 0 Å². The van der Waals surface area contributed by atoms with Crippen LogP contribution in [0.4, 0.5) is 0 Å². The summed E-state index contributed by atoms with van der Waals surface area (Å²) in [7, 11) is 0. The predicted molar refractivity (Wildman–Crippen MR) is 69.5 cm³/mol. The molecule has 0 unspecified atom stereocenters. The Balaban J connectivity index is 2.33. The third-order valence-corrected chi connectivity index (χ3v) is 2.92. The number of benzene rings is 1. The predicted octanol–water partition coefficient (Wildman–Crippen LogP) is 3.97. The highest BCUT2D eigenvalue weighted by molar-refractivity contribution is 14.1. The van der Waals surface area contributed by atoms with Crippen LogP contribution in [-0.4, -0.2) is 9.58 Å². The van der Waals surface area contributed by atoms with Gasteiger partial charge >= 0.3 is 0 Å². The molecule has 0 spiro atoms. The number of hydrogen-bond acceptors (Lipinski definition) is 2. The molecular weight excluding hydrogens is 324 g/mol. The fraction of sp³-hybridized carbons (Fsp3) is 0.182. The molecule has 0 aliphatic rings. The summed E-state index contributed by atoms with van der Waals surface area (Å²) in [4.78, 5) is 0. The van der Waals surface area contributed by atoms with E-state index in [9.17, 15) is 0 Å². The summed E-state index contributed by atoms with van der Waals surface area (Å²) < 4.78 is 6.22. The molecule has 2 nitrogen and oxygen atoms in total. The van der Waals surface area contributed by atoms with Crippen molar-refractivity contribution in [2.45, 2.75) is 6.42 Å². The van der Waals surface area contributed by atoms with Gasteiger partial charge in [-0.1, -0.05) is 57.5 Å². The van der Waals surface area contributed by atoms with Crippen LogP contribution in [0.1, 0.15) is 5.76 Å². The Morgan fingerprint density at radius 1 is 1.33 bits per heavy atom. The molecule has 4 heteroatoms. The number of halogens is 2. The highest BCUT2D eigenvalue weighted by Crippen LogP contribution is 2.27. The molecule has 0 saturated carbocycles. The molecular formula is C11H9ClINO. The number of aryl methyl sites for hydroxylation is 1. The van der Waals surface area contributed by atoms with E-state index in [-0.39, 0.29) is 0 Å². The largest absolute Gasteiger partial charge is 0.361 e. The molecule has 0 bridgehead atoms. The molecule has 78 valence electrons. The van der Waals surface area contributed by atoms with Crippen molar-refractivity contribution in [2.75, 3.05) is 4.43 Å². The molecule has 1 aromatic carbocycles. The summed E-state index contributed by atoms with van der Waals surface area (Å²) in [6.07, 6.45) is 0.901. The lowest BCUT2D eigenvalue weighted by Crippen LogP contribution is -1.79. The first-order valence-corrected chi connectivity index (χ1v) is 6.48. The SMILES string of the molecule is Clc1ccccc1-c1cc(CCI)on1. The number of nitrogens with zero attached hydrogens (tertiary/aromatic N) is 1. The Bertz CT molecular complexity index is 455. The van der Waals surface area contributed by atoms with Crippen molar-refractivity contribution in [3.63, 3.8) is 0 Å². The van der Waals surface area contributed by atoms with Crippen LogP contribution in [0.25, 0.3) is 11.3 Å². The Hall–Kier alpha value is -0.550. The molecule has 0 radical (unpaired) electrons. The quantitative estimate of drug-likeness (QED) is 0.627. The van der Waals surface area contributed by atoms with Gasteiger partial charge in [0.15, 0.2) is 0 Å². The van der Waals surface area contributed by atoms with Crippen molar-refractivity contribution in [2.24, 2.45) is 0 Å². The van der Waals surface area contributed by atoms with Gasteiger partial charge in [0.1, 0.15) is 11.5 Å². The van der Waals surface area contributed by atoms with Gasteiger partial charge in [-0.15, -0.1) is 0 Å². The van der Waals surface area contributed by atoms with E-state index in [1.54, 1.807) is 0 Å². The first-order chi connectivity index (χ1) is 7.31. The minimum absolute atomic E-state index is 0.701. The monoisotopic (exact) mass is 333 g/mol. The molecule has 2 rings (SSSR count). The Morgan fingerprint density at radius 2 is 2.13 bits per heavy atom. The van der Waals surface area contributed by atoms with Gasteiger partial charge in [0.25, 0.3) is 0 Å². The first-order valence-electron chi connectivity index (χ1n) is 4.57. The van der Waals surface area contributed by atoms with E-state index in [2.05, 4.69) is 27.7 Å². The average molecular weight is 334 g/mol. The van der Waals surface area contributed by atoms with Gasteiger partial charge in [-0.25, -0.2) is 0 Å². The van der Waals surface area contributed by atoms with E-state index in [4.69, 9.17) is 16.1 Å². The number of alkyl halides is 1. The molecule has 0 aliphatic carbocycles. The molecule has 0 fully saturated rings. The van der Waals surface area contributed by atoms with Crippen molar-refractivity contribution >= 4 is 34.2 Å². The fourth-order valence-electron chi connectivity index (χ4n) is 1.32. The van der Waals surface area contributed by atoms with E-state index in [0.717, 1.165) is 27.9 Å². The highest BCUT2D eigenvalue weighted by Gasteiger charge is 2.08. The van der Waals surface area contributed by atoms with Crippen LogP contribution in [0.15, 0.2) is 34.9 Å². The van der Waals surface area contributed by atoms with Crippen LogP contribution < -0.4 is 0 Å². The highest BCUT2D eigenvalue weighted by atomic mass is 127. The second-order valence-corrected chi connectivity index (χ2v) is 4.58. The first kappa shape index (κ1) is 11.0. The average Bonchev–Trinajstić information content (AvgIpc) is 2.68. The molecule has 1 aromatic heterocycles. The molecule has 1 heterocycles. The van der Waals surface area contributed by atoms with Gasteiger partial charge in [0.2, 0.25) is 0 Å². The topological polar surface area (TPSA) is 26.0 Å². The summed E-state index contributed by atoms with van der Waals surface area (Å²) in [5, 5.41) is 4.70. The van der Waals surface area contributed by atoms with Crippen molar-refractivity contribution in [3.8, 4) is 11.3 Å². The van der Waals surface area contributed by atoms with E-state index in [0.29, 0.717) is 5.02 Å². The summed E-state index contributed by atoms with van der Waals surface area (Å²) >= 11 is 8.37. The lowest BCUT2D eigenvalue weighted by atomic mass is 10.1. The van der Waals surface area contributed by atoms with Gasteiger partial charge in [-0.05, 0) is 6.07 Å². The van der Waals surface area contributed by atoms with Crippen molar-refractivity contribution in [3.05, 3.63) is 41.1 Å². The molecule has 0 amide bonds. The summed E-state index contributed by atoms with van der Waals surface area (Å²) in [6, 6.07) is 9.57. The van der Waals surface area contributed by atoms with Crippen LogP contribution in [0.3, 0.4) is 0 Å². The Kier molecular flexibility index (Phi) is 3.64. The minimum atomic E-state index is 0.701. The lowest BCUT2D eigenvalue weighted by Gasteiger charge is -1.96. The van der Waals surface area contributed by atoms with Gasteiger partial charge in [0, 0.05) is 22.5 Å². The van der Waals surface area contributed by atoms with E-state index in [1.807, 2.05) is 30.3 Å². The Labute approximate surface area is 107 Å². The third kappa shape index (κ3) is 2.52. The molecule has 0 atom stereocenters.